The second kappa shape index (κ2) is 8.96. The second-order valence-corrected chi connectivity index (χ2v) is 5.62. The summed E-state index contributed by atoms with van der Waals surface area (Å²) in [4.78, 5) is 23.9. The molecule has 1 atom stereocenters. The molecule has 1 aliphatic rings. The Hall–Kier alpha value is -2.50. The van der Waals surface area contributed by atoms with Gasteiger partial charge in [0.1, 0.15) is 6.61 Å². The van der Waals surface area contributed by atoms with Crippen molar-refractivity contribution in [1.82, 2.24) is 4.90 Å². The van der Waals surface area contributed by atoms with E-state index >= 15 is 0 Å². The van der Waals surface area contributed by atoms with Crippen LogP contribution in [0.25, 0.3) is 0 Å². The molecule has 1 amide bonds. The molecule has 0 aromatic heterocycles. The highest BCUT2D eigenvalue weighted by Gasteiger charge is 2.35. The zero-order valence-electron chi connectivity index (χ0n) is 13.8. The highest BCUT2D eigenvalue weighted by molar-refractivity contribution is 5.83. The highest BCUT2D eigenvalue weighted by Crippen LogP contribution is 2.27. The van der Waals surface area contributed by atoms with E-state index in [9.17, 15) is 9.59 Å². The summed E-state index contributed by atoms with van der Waals surface area (Å²) >= 11 is 0. The minimum atomic E-state index is -0.783. The Morgan fingerprint density at radius 2 is 2.08 bits per heavy atom. The normalized spacial score (nSPS) is 17.0. The van der Waals surface area contributed by atoms with Gasteiger partial charge in [-0.2, -0.15) is 0 Å². The minimum Gasteiger partial charge on any atom is -0.493 e. The molecule has 6 heteroatoms. The molecule has 1 aliphatic heterocycles. The first-order chi connectivity index (χ1) is 11.6. The van der Waals surface area contributed by atoms with Crippen molar-refractivity contribution in [3.05, 3.63) is 36.4 Å². The first kappa shape index (κ1) is 17.8. The summed E-state index contributed by atoms with van der Waals surface area (Å²) in [7, 11) is 1.59. The molecule has 130 valence electrons. The maximum absolute atomic E-state index is 11.7. The van der Waals surface area contributed by atoms with E-state index in [2.05, 4.69) is 0 Å². The van der Waals surface area contributed by atoms with Gasteiger partial charge in [0.05, 0.1) is 19.6 Å². The predicted molar refractivity (Wildman–Crippen MR) is 89.2 cm³/mol. The third kappa shape index (κ3) is 5.01. The Morgan fingerprint density at radius 1 is 1.33 bits per heavy atom. The number of β-lactam (4-membered cyclic amide) rings is 1. The van der Waals surface area contributed by atoms with Crippen LogP contribution in [0.2, 0.25) is 0 Å². The molecule has 1 saturated heterocycles. The molecule has 1 fully saturated rings. The number of carbonyl (C=O) groups is 2. The number of benzene rings is 1. The number of carbonyl (C=O) groups excluding carboxylic acids is 1. The number of aliphatic carboxylic acids is 1. The average Bonchev–Trinajstić information content (AvgIpc) is 2.57. The van der Waals surface area contributed by atoms with Gasteiger partial charge in [-0.25, -0.2) is 0 Å². The lowest BCUT2D eigenvalue weighted by Crippen LogP contribution is -2.55. The number of carboxylic acids is 1. The summed E-state index contributed by atoms with van der Waals surface area (Å²) < 4.78 is 11.0. The summed E-state index contributed by atoms with van der Waals surface area (Å²) in [6.45, 7) is 0.963. The number of hydrogen-bond acceptors (Lipinski definition) is 4. The van der Waals surface area contributed by atoms with Gasteiger partial charge < -0.3 is 19.5 Å². The summed E-state index contributed by atoms with van der Waals surface area (Å²) in [6, 6.07) is 7.48. The molecular weight excluding hydrogens is 310 g/mol. The van der Waals surface area contributed by atoms with E-state index < -0.39 is 5.97 Å². The van der Waals surface area contributed by atoms with Gasteiger partial charge in [-0.1, -0.05) is 24.3 Å². The van der Waals surface area contributed by atoms with Gasteiger partial charge in [-0.05, 0) is 25.0 Å². The van der Waals surface area contributed by atoms with E-state index in [0.29, 0.717) is 43.9 Å². The summed E-state index contributed by atoms with van der Waals surface area (Å²) in [5.41, 5.74) is 0. The number of likely N-dealkylation sites (tertiary alicyclic amines) is 1. The van der Waals surface area contributed by atoms with Crippen LogP contribution in [0.4, 0.5) is 0 Å². The Balaban J connectivity index is 1.74. The van der Waals surface area contributed by atoms with Gasteiger partial charge >= 0.3 is 5.97 Å². The van der Waals surface area contributed by atoms with Crippen LogP contribution in [0.15, 0.2) is 36.4 Å². The van der Waals surface area contributed by atoms with Crippen molar-refractivity contribution in [3.8, 4) is 11.5 Å². The number of nitrogens with zero attached hydrogens (tertiary/aromatic N) is 1. The van der Waals surface area contributed by atoms with E-state index in [4.69, 9.17) is 14.6 Å². The molecule has 0 unspecified atom stereocenters. The Morgan fingerprint density at radius 3 is 2.75 bits per heavy atom. The highest BCUT2D eigenvalue weighted by atomic mass is 16.5. The minimum absolute atomic E-state index is 0.0612. The number of para-hydroxylation sites is 2. The van der Waals surface area contributed by atoms with Crippen LogP contribution in [-0.2, 0) is 9.59 Å². The average molecular weight is 333 g/mol. The number of hydrogen-bond donors (Lipinski definition) is 1. The fourth-order valence-corrected chi connectivity index (χ4v) is 2.52. The number of ether oxygens (including phenoxy) is 2. The lowest BCUT2D eigenvalue weighted by atomic mass is 10.0. The molecule has 6 nitrogen and oxygen atoms in total. The van der Waals surface area contributed by atoms with Crippen LogP contribution >= 0.6 is 0 Å². The van der Waals surface area contributed by atoms with Crippen LogP contribution in [0, 0.1) is 0 Å². The van der Waals surface area contributed by atoms with Crippen molar-refractivity contribution in [3.63, 3.8) is 0 Å². The molecule has 0 bridgehead atoms. The van der Waals surface area contributed by atoms with Gasteiger partial charge in [-0.15, -0.1) is 0 Å². The zero-order valence-corrected chi connectivity index (χ0v) is 13.8. The molecule has 0 spiro atoms. The van der Waals surface area contributed by atoms with Gasteiger partial charge in [0.2, 0.25) is 5.91 Å². The van der Waals surface area contributed by atoms with Crippen LogP contribution in [-0.4, -0.2) is 48.2 Å². The molecule has 0 saturated carbocycles. The van der Waals surface area contributed by atoms with Crippen LogP contribution in [0.3, 0.4) is 0 Å². The zero-order chi connectivity index (χ0) is 17.4. The van der Waals surface area contributed by atoms with Crippen molar-refractivity contribution in [2.75, 3.05) is 20.3 Å². The second-order valence-electron chi connectivity index (χ2n) is 5.62. The third-order valence-corrected chi connectivity index (χ3v) is 3.90. The van der Waals surface area contributed by atoms with E-state index in [-0.39, 0.29) is 18.4 Å². The number of allylic oxidation sites excluding steroid dienone is 1. The van der Waals surface area contributed by atoms with Gasteiger partial charge in [0.15, 0.2) is 11.5 Å². The van der Waals surface area contributed by atoms with Crippen molar-refractivity contribution in [2.45, 2.75) is 31.7 Å². The summed E-state index contributed by atoms with van der Waals surface area (Å²) in [5.74, 6) is 0.672. The van der Waals surface area contributed by atoms with Crippen molar-refractivity contribution in [2.24, 2.45) is 0 Å². The number of carboxylic acid groups (broad SMARTS) is 1. The van der Waals surface area contributed by atoms with E-state index in [0.717, 1.165) is 0 Å². The molecule has 0 aliphatic carbocycles. The molecule has 1 aromatic carbocycles. The van der Waals surface area contributed by atoms with Crippen molar-refractivity contribution < 1.29 is 24.2 Å². The lowest BCUT2D eigenvalue weighted by Gasteiger charge is -2.39. The number of methoxy groups -OCH3 is 1. The number of rotatable bonds is 10. The van der Waals surface area contributed by atoms with Crippen LogP contribution in [0.1, 0.15) is 25.7 Å². The fraction of sp³-hybridized carbons (Fsp3) is 0.444. The predicted octanol–water partition coefficient (Wildman–Crippen LogP) is 2.49. The van der Waals surface area contributed by atoms with Crippen LogP contribution in [0.5, 0.6) is 11.5 Å². The first-order valence-corrected chi connectivity index (χ1v) is 8.04. The summed E-state index contributed by atoms with van der Waals surface area (Å²) in [5, 5.41) is 8.57. The third-order valence-electron chi connectivity index (χ3n) is 3.90. The fourth-order valence-electron chi connectivity index (χ4n) is 2.52. The van der Waals surface area contributed by atoms with Gasteiger partial charge in [0, 0.05) is 13.0 Å². The van der Waals surface area contributed by atoms with E-state index in [1.165, 1.54) is 0 Å². The molecule has 2 rings (SSSR count). The number of unbranched alkanes of at least 4 members (excludes halogenated alkanes) is 1. The van der Waals surface area contributed by atoms with Gasteiger partial charge in [0.25, 0.3) is 0 Å². The maximum Gasteiger partial charge on any atom is 0.303 e. The quantitative estimate of drug-likeness (QED) is 0.404. The Labute approximate surface area is 141 Å². The van der Waals surface area contributed by atoms with Gasteiger partial charge in [-0.3, -0.25) is 9.59 Å². The smallest absolute Gasteiger partial charge is 0.303 e. The molecule has 1 heterocycles. The molecule has 24 heavy (non-hydrogen) atoms. The Kier molecular flexibility index (Phi) is 6.66. The topological polar surface area (TPSA) is 76.1 Å². The van der Waals surface area contributed by atoms with E-state index in [1.54, 1.807) is 12.0 Å². The molecule has 0 radical (unpaired) electrons. The van der Waals surface area contributed by atoms with Crippen molar-refractivity contribution in [1.29, 1.82) is 0 Å². The summed E-state index contributed by atoms with van der Waals surface area (Å²) in [6.07, 6.45) is 5.81. The van der Waals surface area contributed by atoms with Crippen molar-refractivity contribution >= 4 is 11.9 Å². The van der Waals surface area contributed by atoms with E-state index in [1.807, 2.05) is 36.4 Å². The SMILES string of the molecule is COc1ccccc1OC[C@H]1CC(=O)N1CC=CCCCC(=O)O. The molecule has 1 aromatic rings. The van der Waals surface area contributed by atoms with Crippen LogP contribution < -0.4 is 9.47 Å². The first-order valence-electron chi connectivity index (χ1n) is 8.04. The molecule has 1 N–H and O–H groups in total. The molecular formula is C18H23NO5. The maximum atomic E-state index is 11.7. The lowest BCUT2D eigenvalue weighted by molar-refractivity contribution is -0.146. The largest absolute Gasteiger partial charge is 0.493 e. The monoisotopic (exact) mass is 333 g/mol. The Bertz CT molecular complexity index is 599. The number of amides is 1. The standard InChI is InChI=1S/C18H23NO5/c1-23-15-8-5-6-9-16(15)24-13-14-12-17(20)19(14)11-7-3-2-4-10-18(21)22/h3,5-9,14H,2,4,10-13H2,1H3,(H,21,22)/t14-/m1/s1.